The van der Waals surface area contributed by atoms with Gasteiger partial charge in [-0.1, -0.05) is 0 Å². The predicted molar refractivity (Wildman–Crippen MR) is 57.2 cm³/mol. The Morgan fingerprint density at radius 3 is 2.43 bits per heavy atom. The van der Waals surface area contributed by atoms with E-state index in [1.54, 1.807) is 0 Å². The van der Waals surface area contributed by atoms with Crippen LogP contribution in [-0.4, -0.2) is 43.3 Å². The summed E-state index contributed by atoms with van der Waals surface area (Å²) < 4.78 is 5.35. The summed E-state index contributed by atoms with van der Waals surface area (Å²) in [6.45, 7) is 3.43. The standard InChI is InChI=1S/C11H22N2O/c1-14-10-3-7-13(8-4-10)9-11(12)5-2-6-11/h10H,2-9,12H2,1H3. The molecule has 1 heterocycles. The lowest BCUT2D eigenvalue weighted by Gasteiger charge is -2.43. The third-order valence-electron chi connectivity index (χ3n) is 3.76. The molecule has 1 saturated carbocycles. The summed E-state index contributed by atoms with van der Waals surface area (Å²) in [4.78, 5) is 2.51. The average molecular weight is 198 g/mol. The molecule has 2 rings (SSSR count). The maximum Gasteiger partial charge on any atom is 0.0595 e. The number of likely N-dealkylation sites (tertiary alicyclic amines) is 1. The highest BCUT2D eigenvalue weighted by Crippen LogP contribution is 2.30. The molecule has 3 nitrogen and oxygen atoms in total. The number of rotatable bonds is 3. The Labute approximate surface area is 86.6 Å². The monoisotopic (exact) mass is 198 g/mol. The molecular formula is C11H22N2O. The largest absolute Gasteiger partial charge is 0.381 e. The Kier molecular flexibility index (Phi) is 3.10. The molecule has 0 bridgehead atoms. The number of hydrogen-bond donors (Lipinski definition) is 1. The second-order valence-electron chi connectivity index (χ2n) is 4.93. The van der Waals surface area contributed by atoms with E-state index in [0.29, 0.717) is 6.10 Å². The van der Waals surface area contributed by atoms with Gasteiger partial charge in [0.25, 0.3) is 0 Å². The summed E-state index contributed by atoms with van der Waals surface area (Å²) in [5.74, 6) is 0. The van der Waals surface area contributed by atoms with Crippen molar-refractivity contribution in [2.45, 2.75) is 43.7 Å². The van der Waals surface area contributed by atoms with Crippen LogP contribution in [0.25, 0.3) is 0 Å². The topological polar surface area (TPSA) is 38.5 Å². The Hall–Kier alpha value is -0.120. The molecule has 14 heavy (non-hydrogen) atoms. The number of hydrogen-bond acceptors (Lipinski definition) is 3. The molecule has 0 amide bonds. The zero-order valence-electron chi connectivity index (χ0n) is 9.17. The SMILES string of the molecule is COC1CCN(CC2(N)CCC2)CC1. The lowest BCUT2D eigenvalue weighted by molar-refractivity contribution is 0.0277. The van der Waals surface area contributed by atoms with E-state index in [1.807, 2.05) is 7.11 Å². The van der Waals surface area contributed by atoms with E-state index in [-0.39, 0.29) is 5.54 Å². The first kappa shape index (κ1) is 10.4. The van der Waals surface area contributed by atoms with Gasteiger partial charge in [0, 0.05) is 32.3 Å². The molecule has 0 aromatic rings. The smallest absolute Gasteiger partial charge is 0.0595 e. The quantitative estimate of drug-likeness (QED) is 0.734. The average Bonchev–Trinajstić information content (AvgIpc) is 2.17. The van der Waals surface area contributed by atoms with Crippen LogP contribution < -0.4 is 5.73 Å². The number of nitrogens with zero attached hydrogens (tertiary/aromatic N) is 1. The number of piperidine rings is 1. The highest BCUT2D eigenvalue weighted by Gasteiger charge is 2.35. The van der Waals surface area contributed by atoms with Crippen LogP contribution in [0.4, 0.5) is 0 Å². The molecule has 0 unspecified atom stereocenters. The third-order valence-corrected chi connectivity index (χ3v) is 3.76. The van der Waals surface area contributed by atoms with Gasteiger partial charge in [-0.3, -0.25) is 0 Å². The van der Waals surface area contributed by atoms with Crippen LogP contribution in [0.5, 0.6) is 0 Å². The second kappa shape index (κ2) is 4.17. The third kappa shape index (κ3) is 2.27. The van der Waals surface area contributed by atoms with Gasteiger partial charge >= 0.3 is 0 Å². The van der Waals surface area contributed by atoms with Gasteiger partial charge in [-0.2, -0.15) is 0 Å². The van der Waals surface area contributed by atoms with Crippen molar-refractivity contribution in [1.29, 1.82) is 0 Å². The first-order valence-electron chi connectivity index (χ1n) is 5.76. The number of nitrogens with two attached hydrogens (primary N) is 1. The van der Waals surface area contributed by atoms with Crippen LogP contribution in [-0.2, 0) is 4.74 Å². The summed E-state index contributed by atoms with van der Waals surface area (Å²) in [7, 11) is 1.82. The summed E-state index contributed by atoms with van der Waals surface area (Å²) in [6, 6.07) is 0. The highest BCUT2D eigenvalue weighted by atomic mass is 16.5. The second-order valence-corrected chi connectivity index (χ2v) is 4.93. The van der Waals surface area contributed by atoms with Gasteiger partial charge < -0.3 is 15.4 Å². The van der Waals surface area contributed by atoms with Crippen LogP contribution in [0, 0.1) is 0 Å². The first-order valence-corrected chi connectivity index (χ1v) is 5.76. The van der Waals surface area contributed by atoms with Crippen LogP contribution >= 0.6 is 0 Å². The Morgan fingerprint density at radius 1 is 1.36 bits per heavy atom. The fraction of sp³-hybridized carbons (Fsp3) is 1.00. The van der Waals surface area contributed by atoms with Crippen molar-refractivity contribution in [2.75, 3.05) is 26.7 Å². The fourth-order valence-electron chi connectivity index (χ4n) is 2.54. The molecule has 2 aliphatic rings. The highest BCUT2D eigenvalue weighted by molar-refractivity contribution is 4.95. The maximum atomic E-state index is 6.23. The Bertz CT molecular complexity index is 184. The van der Waals surface area contributed by atoms with Gasteiger partial charge in [0.2, 0.25) is 0 Å². The summed E-state index contributed by atoms with van der Waals surface area (Å²) in [5.41, 5.74) is 6.38. The molecule has 2 N–H and O–H groups in total. The minimum atomic E-state index is 0.153. The lowest BCUT2D eigenvalue weighted by atomic mass is 9.77. The van der Waals surface area contributed by atoms with Gasteiger partial charge in [-0.15, -0.1) is 0 Å². The van der Waals surface area contributed by atoms with Crippen molar-refractivity contribution in [3.63, 3.8) is 0 Å². The van der Waals surface area contributed by atoms with Crippen LogP contribution in [0.2, 0.25) is 0 Å². The molecule has 1 aliphatic carbocycles. The Morgan fingerprint density at radius 2 is 2.00 bits per heavy atom. The summed E-state index contributed by atoms with van der Waals surface area (Å²) in [6.07, 6.45) is 6.60. The molecular weight excluding hydrogens is 176 g/mol. The van der Waals surface area contributed by atoms with E-state index in [1.165, 1.54) is 32.1 Å². The van der Waals surface area contributed by atoms with Crippen molar-refractivity contribution >= 4 is 0 Å². The van der Waals surface area contributed by atoms with E-state index in [4.69, 9.17) is 10.5 Å². The van der Waals surface area contributed by atoms with Crippen LogP contribution in [0.3, 0.4) is 0 Å². The summed E-state index contributed by atoms with van der Waals surface area (Å²) >= 11 is 0. The molecule has 82 valence electrons. The van der Waals surface area contributed by atoms with E-state index >= 15 is 0 Å². The van der Waals surface area contributed by atoms with E-state index < -0.39 is 0 Å². The number of ether oxygens (including phenoxy) is 1. The molecule has 1 aliphatic heterocycles. The molecule has 0 spiro atoms. The fourth-order valence-corrected chi connectivity index (χ4v) is 2.54. The lowest BCUT2D eigenvalue weighted by Crippen LogP contribution is -2.56. The minimum absolute atomic E-state index is 0.153. The van der Waals surface area contributed by atoms with E-state index in [9.17, 15) is 0 Å². The van der Waals surface area contributed by atoms with E-state index in [2.05, 4.69) is 4.90 Å². The van der Waals surface area contributed by atoms with Gasteiger partial charge in [0.05, 0.1) is 6.10 Å². The molecule has 0 atom stereocenters. The molecule has 1 saturated heterocycles. The van der Waals surface area contributed by atoms with Crippen LogP contribution in [0.1, 0.15) is 32.1 Å². The molecule has 2 fully saturated rings. The van der Waals surface area contributed by atoms with Crippen molar-refractivity contribution in [3.05, 3.63) is 0 Å². The minimum Gasteiger partial charge on any atom is -0.381 e. The molecule has 0 aromatic carbocycles. The van der Waals surface area contributed by atoms with E-state index in [0.717, 1.165) is 19.6 Å². The maximum absolute atomic E-state index is 6.23. The van der Waals surface area contributed by atoms with Crippen molar-refractivity contribution < 1.29 is 4.74 Å². The molecule has 3 heteroatoms. The molecule has 0 aromatic heterocycles. The van der Waals surface area contributed by atoms with Crippen molar-refractivity contribution in [1.82, 2.24) is 4.90 Å². The van der Waals surface area contributed by atoms with Crippen LogP contribution in [0.15, 0.2) is 0 Å². The van der Waals surface area contributed by atoms with Gasteiger partial charge in [0.1, 0.15) is 0 Å². The van der Waals surface area contributed by atoms with Crippen molar-refractivity contribution in [2.24, 2.45) is 5.73 Å². The summed E-state index contributed by atoms with van der Waals surface area (Å²) in [5, 5.41) is 0. The Balaban J connectivity index is 1.73. The first-order chi connectivity index (χ1) is 6.72. The van der Waals surface area contributed by atoms with Gasteiger partial charge in [-0.25, -0.2) is 0 Å². The van der Waals surface area contributed by atoms with Gasteiger partial charge in [-0.05, 0) is 32.1 Å². The predicted octanol–water partition coefficient (Wildman–Crippen LogP) is 0.979. The van der Waals surface area contributed by atoms with Crippen molar-refractivity contribution in [3.8, 4) is 0 Å². The normalized spacial score (nSPS) is 28.7. The van der Waals surface area contributed by atoms with Gasteiger partial charge in [0.15, 0.2) is 0 Å². The number of methoxy groups -OCH3 is 1. The zero-order chi connectivity index (χ0) is 10.0. The zero-order valence-corrected chi connectivity index (χ0v) is 9.17. The molecule has 0 radical (unpaired) electrons.